The highest BCUT2D eigenvalue weighted by Gasteiger charge is 2.26. The highest BCUT2D eigenvalue weighted by molar-refractivity contribution is 7.18. The van der Waals surface area contributed by atoms with Gasteiger partial charge in [0.2, 0.25) is 0 Å². The monoisotopic (exact) mass is 396 g/mol. The number of rotatable bonds is 4. The molecule has 2 aliphatic heterocycles. The van der Waals surface area contributed by atoms with Crippen LogP contribution in [0.5, 0.6) is 11.5 Å². The second-order valence-corrected chi connectivity index (χ2v) is 8.32. The van der Waals surface area contributed by atoms with E-state index in [0.717, 1.165) is 58.6 Å². The normalized spacial score (nSPS) is 19.9. The van der Waals surface area contributed by atoms with Crippen LogP contribution in [-0.4, -0.2) is 54.2 Å². The quantitative estimate of drug-likeness (QED) is 0.670. The number of hydrogen-bond donors (Lipinski definition) is 0. The number of anilines is 1. The molecule has 7 heteroatoms. The van der Waals surface area contributed by atoms with Crippen LogP contribution >= 0.6 is 11.3 Å². The molecule has 0 aliphatic carbocycles. The maximum absolute atomic E-state index is 6.19. The molecule has 2 aliphatic rings. The van der Waals surface area contributed by atoms with Crippen molar-refractivity contribution in [2.24, 2.45) is 0 Å². The summed E-state index contributed by atoms with van der Waals surface area (Å²) in [5, 5.41) is 1.12. The summed E-state index contributed by atoms with van der Waals surface area (Å²) in [6.07, 6.45) is 2.78. The van der Waals surface area contributed by atoms with Gasteiger partial charge in [-0.15, -0.1) is 11.3 Å². The minimum absolute atomic E-state index is 0.108. The molecule has 0 saturated carbocycles. The fourth-order valence-electron chi connectivity index (χ4n) is 3.93. The summed E-state index contributed by atoms with van der Waals surface area (Å²) in [6.45, 7) is 8.13. The van der Waals surface area contributed by atoms with Gasteiger partial charge < -0.3 is 14.4 Å². The molecule has 1 atom stereocenters. The summed E-state index contributed by atoms with van der Waals surface area (Å²) >= 11 is 1.67. The van der Waals surface area contributed by atoms with Crippen molar-refractivity contribution >= 4 is 27.4 Å². The number of thiophene rings is 1. The zero-order valence-corrected chi connectivity index (χ0v) is 16.8. The van der Waals surface area contributed by atoms with Gasteiger partial charge in [0.05, 0.1) is 10.3 Å². The van der Waals surface area contributed by atoms with Crippen LogP contribution in [0.2, 0.25) is 0 Å². The molecule has 1 fully saturated rings. The maximum atomic E-state index is 6.19. The van der Waals surface area contributed by atoms with Crippen molar-refractivity contribution in [2.45, 2.75) is 19.4 Å². The zero-order valence-electron chi connectivity index (χ0n) is 16.0. The lowest BCUT2D eigenvalue weighted by atomic mass is 10.2. The fraction of sp³-hybridized carbons (Fsp3) is 0.429. The van der Waals surface area contributed by atoms with E-state index in [1.165, 1.54) is 13.0 Å². The van der Waals surface area contributed by atoms with E-state index >= 15 is 0 Å². The van der Waals surface area contributed by atoms with Crippen LogP contribution in [0, 0.1) is 0 Å². The molecule has 0 unspecified atom stereocenters. The Hall–Kier alpha value is -2.38. The topological polar surface area (TPSA) is 50.7 Å². The van der Waals surface area contributed by atoms with Crippen molar-refractivity contribution in [3.63, 3.8) is 0 Å². The summed E-state index contributed by atoms with van der Waals surface area (Å²) in [5.41, 5.74) is 0. The predicted molar refractivity (Wildman–Crippen MR) is 112 cm³/mol. The molecular weight excluding hydrogens is 372 g/mol. The van der Waals surface area contributed by atoms with Crippen molar-refractivity contribution in [1.29, 1.82) is 0 Å². The van der Waals surface area contributed by atoms with Crippen molar-refractivity contribution in [2.75, 3.05) is 44.2 Å². The molecule has 0 spiro atoms. The number of aromatic nitrogens is 2. The van der Waals surface area contributed by atoms with Gasteiger partial charge in [-0.2, -0.15) is 0 Å². The highest BCUT2D eigenvalue weighted by Crippen LogP contribution is 2.40. The van der Waals surface area contributed by atoms with E-state index in [-0.39, 0.29) is 6.10 Å². The predicted octanol–water partition coefficient (Wildman–Crippen LogP) is 3.74. The van der Waals surface area contributed by atoms with Crippen LogP contribution in [0.25, 0.3) is 10.2 Å². The summed E-state index contributed by atoms with van der Waals surface area (Å²) in [6, 6.07) is 10.0. The van der Waals surface area contributed by atoms with Gasteiger partial charge in [0.15, 0.2) is 17.6 Å². The van der Waals surface area contributed by atoms with Gasteiger partial charge in [0.1, 0.15) is 23.6 Å². The molecule has 0 N–H and O–H groups in total. The second-order valence-electron chi connectivity index (χ2n) is 7.26. The van der Waals surface area contributed by atoms with Crippen molar-refractivity contribution in [3.05, 3.63) is 41.5 Å². The third-order valence-corrected chi connectivity index (χ3v) is 6.50. The highest BCUT2D eigenvalue weighted by atomic mass is 32.1. The molecule has 2 aromatic heterocycles. The Morgan fingerprint density at radius 2 is 1.93 bits per heavy atom. The molecular formula is C21H24N4O2S. The lowest BCUT2D eigenvalue weighted by Crippen LogP contribution is -2.46. The molecule has 0 amide bonds. The standard InChI is InChI=1S/C21H24N4O2S/c1-2-7-24-8-10-25(11-9-24)20-15-12-19(28-21(15)23-14-22-20)18-13-26-16-5-3-4-6-17(16)27-18/h3-6,12,14,18H,2,7-11,13H2,1H3/t18-/m0/s1. The second kappa shape index (κ2) is 7.56. The third-order valence-electron chi connectivity index (χ3n) is 5.37. The molecule has 146 valence electrons. The Kier molecular flexibility index (Phi) is 4.78. The Morgan fingerprint density at radius 3 is 2.75 bits per heavy atom. The van der Waals surface area contributed by atoms with Crippen molar-refractivity contribution in [1.82, 2.24) is 14.9 Å². The first kappa shape index (κ1) is 17.7. The van der Waals surface area contributed by atoms with E-state index in [2.05, 4.69) is 32.8 Å². The SMILES string of the molecule is CCCN1CCN(c2ncnc3sc([C@@H]4COc5ccccc5O4)cc23)CC1. The van der Waals surface area contributed by atoms with Gasteiger partial charge in [0.25, 0.3) is 0 Å². The van der Waals surface area contributed by atoms with Gasteiger partial charge in [-0.05, 0) is 31.2 Å². The third kappa shape index (κ3) is 3.29. The van der Waals surface area contributed by atoms with Crippen LogP contribution in [-0.2, 0) is 0 Å². The number of fused-ring (bicyclic) bond motifs is 2. The summed E-state index contributed by atoms with van der Waals surface area (Å²) in [5.74, 6) is 2.65. The average molecular weight is 397 g/mol. The summed E-state index contributed by atoms with van der Waals surface area (Å²) < 4.78 is 12.1. The van der Waals surface area contributed by atoms with E-state index < -0.39 is 0 Å². The van der Waals surface area contributed by atoms with E-state index in [4.69, 9.17) is 9.47 Å². The van der Waals surface area contributed by atoms with Crippen LogP contribution in [0.1, 0.15) is 24.3 Å². The Bertz CT molecular complexity index is 968. The first-order chi connectivity index (χ1) is 13.8. The van der Waals surface area contributed by atoms with Crippen molar-refractivity contribution in [3.8, 4) is 11.5 Å². The Morgan fingerprint density at radius 1 is 1.11 bits per heavy atom. The smallest absolute Gasteiger partial charge is 0.167 e. The maximum Gasteiger partial charge on any atom is 0.167 e. The summed E-state index contributed by atoms with van der Waals surface area (Å²) in [7, 11) is 0. The molecule has 1 aromatic carbocycles. The van der Waals surface area contributed by atoms with Crippen LogP contribution < -0.4 is 14.4 Å². The molecule has 5 rings (SSSR count). The molecule has 28 heavy (non-hydrogen) atoms. The van der Waals surface area contributed by atoms with E-state index in [0.29, 0.717) is 6.61 Å². The molecule has 0 radical (unpaired) electrons. The van der Waals surface area contributed by atoms with E-state index in [9.17, 15) is 0 Å². The minimum Gasteiger partial charge on any atom is -0.485 e. The van der Waals surface area contributed by atoms with E-state index in [1.807, 2.05) is 24.3 Å². The van der Waals surface area contributed by atoms with E-state index in [1.54, 1.807) is 17.7 Å². The fourth-order valence-corrected chi connectivity index (χ4v) is 4.94. The molecule has 4 heterocycles. The van der Waals surface area contributed by atoms with Crippen LogP contribution in [0.15, 0.2) is 36.7 Å². The van der Waals surface area contributed by atoms with Crippen LogP contribution in [0.4, 0.5) is 5.82 Å². The molecule has 3 aromatic rings. The van der Waals surface area contributed by atoms with Crippen molar-refractivity contribution < 1.29 is 9.47 Å². The number of benzene rings is 1. The van der Waals surface area contributed by atoms with Crippen LogP contribution in [0.3, 0.4) is 0 Å². The minimum atomic E-state index is -0.108. The largest absolute Gasteiger partial charge is 0.485 e. The lowest BCUT2D eigenvalue weighted by molar-refractivity contribution is 0.0938. The first-order valence-corrected chi connectivity index (χ1v) is 10.7. The van der Waals surface area contributed by atoms with Gasteiger partial charge in [0, 0.05) is 26.2 Å². The Labute approximate surface area is 168 Å². The van der Waals surface area contributed by atoms with Gasteiger partial charge in [-0.3, -0.25) is 4.90 Å². The number of ether oxygens (including phenoxy) is 2. The molecule has 6 nitrogen and oxygen atoms in total. The Balaban J connectivity index is 1.39. The number of hydrogen-bond acceptors (Lipinski definition) is 7. The van der Waals surface area contributed by atoms with Gasteiger partial charge in [-0.25, -0.2) is 9.97 Å². The lowest BCUT2D eigenvalue weighted by Gasteiger charge is -2.35. The number of piperazine rings is 1. The molecule has 1 saturated heterocycles. The number of nitrogens with zero attached hydrogens (tertiary/aromatic N) is 4. The average Bonchev–Trinajstić information content (AvgIpc) is 3.19. The summed E-state index contributed by atoms with van der Waals surface area (Å²) in [4.78, 5) is 16.2. The number of para-hydroxylation sites is 2. The zero-order chi connectivity index (χ0) is 18.9. The molecule has 0 bridgehead atoms. The van der Waals surface area contributed by atoms with Gasteiger partial charge in [-0.1, -0.05) is 19.1 Å². The first-order valence-electron chi connectivity index (χ1n) is 9.92. The van der Waals surface area contributed by atoms with Gasteiger partial charge >= 0.3 is 0 Å².